The first-order valence-electron chi connectivity index (χ1n) is 22.5. The summed E-state index contributed by atoms with van der Waals surface area (Å²) >= 11 is 0. The monoisotopic (exact) mass is 831 g/mol. The van der Waals surface area contributed by atoms with E-state index in [4.69, 9.17) is 4.74 Å². The van der Waals surface area contributed by atoms with Crippen LogP contribution in [0.25, 0.3) is 77.9 Å². The molecule has 0 unspecified atom stereocenters. The standard InChI is InChI=1S/C63H45NO/c1-63(2)58-26-13-12-24-53(58)54-37-34-51(41-59(54)63)64(50-23-14-22-47(38-50)43-18-8-4-9-19-43)60-27-15-25-56-52-35-32-48(44-20-10-5-11-21-44)39-57(52)55-36-33-49(40-61(55)65-62(56)60)46-30-28-45(29-31-46)42-16-6-3-7-17-42/h3-41H,1-2H3. The maximum atomic E-state index is 7.50. The first kappa shape index (κ1) is 38.5. The van der Waals surface area contributed by atoms with E-state index in [1.807, 2.05) is 0 Å². The molecule has 0 amide bonds. The van der Waals surface area contributed by atoms with Crippen LogP contribution in [-0.2, 0) is 5.41 Å². The van der Waals surface area contributed by atoms with Crippen molar-refractivity contribution in [2.45, 2.75) is 19.3 Å². The zero-order valence-corrected chi connectivity index (χ0v) is 36.4. The van der Waals surface area contributed by atoms with Gasteiger partial charge in [0.05, 0.1) is 5.69 Å². The van der Waals surface area contributed by atoms with Gasteiger partial charge in [-0.2, -0.15) is 0 Å². The van der Waals surface area contributed by atoms with E-state index in [-0.39, 0.29) is 5.41 Å². The number of nitrogens with zero attached hydrogens (tertiary/aromatic N) is 1. The Bertz CT molecular complexity index is 3410. The largest absolute Gasteiger partial charge is 0.454 e. The molecule has 1 aliphatic carbocycles. The van der Waals surface area contributed by atoms with Crippen LogP contribution < -0.4 is 9.64 Å². The summed E-state index contributed by atoms with van der Waals surface area (Å²) in [4.78, 5) is 2.40. The quantitative estimate of drug-likeness (QED) is 0.159. The van der Waals surface area contributed by atoms with Crippen LogP contribution in [0.2, 0.25) is 0 Å². The maximum absolute atomic E-state index is 7.50. The van der Waals surface area contributed by atoms with Crippen molar-refractivity contribution in [1.29, 1.82) is 0 Å². The van der Waals surface area contributed by atoms with Gasteiger partial charge >= 0.3 is 0 Å². The van der Waals surface area contributed by atoms with Gasteiger partial charge in [0.25, 0.3) is 0 Å². The number of benzene rings is 10. The fraction of sp³-hybridized carbons (Fsp3) is 0.0476. The molecule has 308 valence electrons. The lowest BCUT2D eigenvalue weighted by molar-refractivity contribution is 0.489. The van der Waals surface area contributed by atoms with Gasteiger partial charge in [-0.1, -0.05) is 202 Å². The van der Waals surface area contributed by atoms with Crippen LogP contribution in [-0.4, -0.2) is 0 Å². The minimum absolute atomic E-state index is 0.173. The Hall–Kier alpha value is -8.20. The molecule has 0 bridgehead atoms. The first-order valence-corrected chi connectivity index (χ1v) is 22.5. The van der Waals surface area contributed by atoms with Crippen molar-refractivity contribution in [1.82, 2.24) is 0 Å². The van der Waals surface area contributed by atoms with Crippen molar-refractivity contribution < 1.29 is 4.74 Å². The van der Waals surface area contributed by atoms with Gasteiger partial charge in [-0.25, -0.2) is 0 Å². The Morgan fingerprint density at radius 3 is 1.49 bits per heavy atom. The molecule has 10 aromatic rings. The van der Waals surface area contributed by atoms with Crippen molar-refractivity contribution >= 4 is 17.1 Å². The lowest BCUT2D eigenvalue weighted by Crippen LogP contribution is -2.17. The van der Waals surface area contributed by atoms with Crippen LogP contribution in [0.1, 0.15) is 25.0 Å². The molecule has 0 saturated carbocycles. The van der Waals surface area contributed by atoms with Crippen molar-refractivity contribution in [3.8, 4) is 89.4 Å². The van der Waals surface area contributed by atoms with Crippen LogP contribution in [0, 0.1) is 0 Å². The van der Waals surface area contributed by atoms with E-state index in [1.54, 1.807) is 0 Å². The summed E-state index contributed by atoms with van der Waals surface area (Å²) in [5, 5.41) is 0. The molecule has 2 nitrogen and oxygen atoms in total. The molecule has 1 aliphatic heterocycles. The Morgan fingerprint density at radius 1 is 0.308 bits per heavy atom. The maximum Gasteiger partial charge on any atom is 0.159 e. The van der Waals surface area contributed by atoms with Crippen LogP contribution >= 0.6 is 0 Å². The number of rotatable bonds is 7. The average Bonchev–Trinajstić information content (AvgIpc) is 3.50. The molecule has 1 heterocycles. The first-order chi connectivity index (χ1) is 32.0. The summed E-state index contributed by atoms with van der Waals surface area (Å²) < 4.78 is 7.50. The molecule has 2 heteroatoms. The van der Waals surface area contributed by atoms with Crippen molar-refractivity contribution in [2.24, 2.45) is 0 Å². The second-order valence-electron chi connectivity index (χ2n) is 17.7. The number of para-hydroxylation sites is 1. The third-order valence-corrected chi connectivity index (χ3v) is 13.5. The molecule has 10 aromatic carbocycles. The summed E-state index contributed by atoms with van der Waals surface area (Å²) in [5.74, 6) is 1.63. The lowest BCUT2D eigenvalue weighted by Gasteiger charge is -2.30. The van der Waals surface area contributed by atoms with Crippen LogP contribution in [0.15, 0.2) is 237 Å². The summed E-state index contributed by atoms with van der Waals surface area (Å²) in [6.07, 6.45) is 0. The Labute approximate surface area is 381 Å². The summed E-state index contributed by atoms with van der Waals surface area (Å²) in [6.45, 7) is 4.70. The van der Waals surface area contributed by atoms with E-state index in [9.17, 15) is 0 Å². The minimum Gasteiger partial charge on any atom is -0.454 e. The Kier molecular flexibility index (Phi) is 9.21. The second kappa shape index (κ2) is 15.6. The zero-order valence-electron chi connectivity index (χ0n) is 36.4. The van der Waals surface area contributed by atoms with Gasteiger partial charge < -0.3 is 9.64 Å². The highest BCUT2D eigenvalue weighted by molar-refractivity contribution is 5.98. The fourth-order valence-corrected chi connectivity index (χ4v) is 10.2. The molecule has 0 saturated heterocycles. The van der Waals surface area contributed by atoms with Gasteiger partial charge in [-0.3, -0.25) is 0 Å². The topological polar surface area (TPSA) is 12.5 Å². The highest BCUT2D eigenvalue weighted by Crippen LogP contribution is 2.55. The van der Waals surface area contributed by atoms with Crippen LogP contribution in [0.4, 0.5) is 17.1 Å². The third-order valence-electron chi connectivity index (χ3n) is 13.5. The van der Waals surface area contributed by atoms with E-state index in [0.29, 0.717) is 0 Å². The summed E-state index contributed by atoms with van der Waals surface area (Å²) in [5.41, 5.74) is 21.8. The van der Waals surface area contributed by atoms with Crippen molar-refractivity contribution in [2.75, 3.05) is 4.90 Å². The molecule has 0 atom stereocenters. The lowest BCUT2D eigenvalue weighted by atomic mass is 9.82. The highest BCUT2D eigenvalue weighted by atomic mass is 16.5. The number of fused-ring (bicyclic) bond motifs is 8. The molecule has 0 fully saturated rings. The van der Waals surface area contributed by atoms with Gasteiger partial charge in [0.1, 0.15) is 5.75 Å². The number of ether oxygens (including phenoxy) is 1. The van der Waals surface area contributed by atoms with Gasteiger partial charge in [-0.15, -0.1) is 0 Å². The second-order valence-corrected chi connectivity index (χ2v) is 17.7. The molecule has 0 aromatic heterocycles. The Morgan fingerprint density at radius 2 is 0.785 bits per heavy atom. The molecule has 65 heavy (non-hydrogen) atoms. The smallest absolute Gasteiger partial charge is 0.159 e. The van der Waals surface area contributed by atoms with Crippen molar-refractivity contribution in [3.63, 3.8) is 0 Å². The number of hydrogen-bond donors (Lipinski definition) is 0. The predicted octanol–water partition coefficient (Wildman–Crippen LogP) is 17.6. The van der Waals surface area contributed by atoms with E-state index in [2.05, 4.69) is 255 Å². The third kappa shape index (κ3) is 6.65. The van der Waals surface area contributed by atoms with E-state index in [0.717, 1.165) is 73.1 Å². The molecular weight excluding hydrogens is 787 g/mol. The van der Waals surface area contributed by atoms with Gasteiger partial charge in [0.15, 0.2) is 5.75 Å². The Balaban J connectivity index is 1.07. The molecular formula is C63H45NO. The zero-order chi connectivity index (χ0) is 43.5. The van der Waals surface area contributed by atoms with E-state index in [1.165, 1.54) is 44.5 Å². The molecule has 2 aliphatic rings. The van der Waals surface area contributed by atoms with Gasteiger partial charge in [-0.05, 0) is 126 Å². The van der Waals surface area contributed by atoms with E-state index < -0.39 is 0 Å². The van der Waals surface area contributed by atoms with Crippen LogP contribution in [0.3, 0.4) is 0 Å². The summed E-state index contributed by atoms with van der Waals surface area (Å²) in [6, 6.07) is 85.7. The highest BCUT2D eigenvalue weighted by Gasteiger charge is 2.36. The molecule has 0 N–H and O–H groups in total. The SMILES string of the molecule is CC1(C)c2ccccc2-c2ccc(N(c3cccc(-c4ccccc4)c3)c3cccc4c3Oc3cc(-c5ccc(-c6ccccc6)cc5)ccc3-c3cc(-c5ccccc5)ccc3-4)cc21. The normalized spacial score (nSPS) is 12.7. The molecule has 12 rings (SSSR count). The minimum atomic E-state index is -0.173. The fourth-order valence-electron chi connectivity index (χ4n) is 10.2. The molecule has 0 spiro atoms. The molecule has 0 radical (unpaired) electrons. The predicted molar refractivity (Wildman–Crippen MR) is 271 cm³/mol. The van der Waals surface area contributed by atoms with E-state index >= 15 is 0 Å². The average molecular weight is 832 g/mol. The number of hydrogen-bond acceptors (Lipinski definition) is 2. The van der Waals surface area contributed by atoms with Crippen LogP contribution in [0.5, 0.6) is 11.5 Å². The van der Waals surface area contributed by atoms with Gasteiger partial charge in [0.2, 0.25) is 0 Å². The van der Waals surface area contributed by atoms with Crippen molar-refractivity contribution in [3.05, 3.63) is 248 Å². The number of anilines is 3. The summed E-state index contributed by atoms with van der Waals surface area (Å²) in [7, 11) is 0. The van der Waals surface area contributed by atoms with Gasteiger partial charge in [0, 0.05) is 27.9 Å².